The normalized spacial score (nSPS) is 14.6. The molecule has 1 heterocycles. The van der Waals surface area contributed by atoms with E-state index in [1.54, 1.807) is 0 Å². The minimum atomic E-state index is -0.266. The Morgan fingerprint density at radius 3 is 2.26 bits per heavy atom. The lowest BCUT2D eigenvalue weighted by molar-refractivity contribution is -0.133. The standard InChI is InChI=1S/C16H13NO2/c17-13-8-6-11(7-9-13)14-10-19-16(18)15(14)12-4-2-1-3-5-12/h1-9H,10,17H2. The van der Waals surface area contributed by atoms with Gasteiger partial charge in [-0.2, -0.15) is 0 Å². The Balaban J connectivity index is 2.13. The van der Waals surface area contributed by atoms with Gasteiger partial charge >= 0.3 is 5.97 Å². The van der Waals surface area contributed by atoms with Gasteiger partial charge in [0.15, 0.2) is 0 Å². The summed E-state index contributed by atoms with van der Waals surface area (Å²) in [6.45, 7) is 0.312. The zero-order valence-electron chi connectivity index (χ0n) is 10.3. The third kappa shape index (κ3) is 2.10. The zero-order chi connectivity index (χ0) is 13.2. The van der Waals surface area contributed by atoms with Crippen LogP contribution in [0.2, 0.25) is 0 Å². The van der Waals surface area contributed by atoms with Crippen molar-refractivity contribution in [3.8, 4) is 0 Å². The fraction of sp³-hybridized carbons (Fsp3) is 0.0625. The van der Waals surface area contributed by atoms with Crippen molar-refractivity contribution in [2.75, 3.05) is 12.3 Å². The van der Waals surface area contributed by atoms with Crippen LogP contribution in [0.1, 0.15) is 11.1 Å². The van der Waals surface area contributed by atoms with Crippen molar-refractivity contribution in [1.82, 2.24) is 0 Å². The van der Waals surface area contributed by atoms with Gasteiger partial charge in [-0.25, -0.2) is 4.79 Å². The third-order valence-electron chi connectivity index (χ3n) is 3.18. The van der Waals surface area contributed by atoms with E-state index in [0.29, 0.717) is 17.9 Å². The van der Waals surface area contributed by atoms with E-state index in [-0.39, 0.29) is 5.97 Å². The first kappa shape index (κ1) is 11.5. The molecule has 0 radical (unpaired) electrons. The average molecular weight is 251 g/mol. The quantitative estimate of drug-likeness (QED) is 0.659. The van der Waals surface area contributed by atoms with E-state index in [9.17, 15) is 4.79 Å². The molecule has 0 bridgehead atoms. The van der Waals surface area contributed by atoms with Crippen LogP contribution in [-0.4, -0.2) is 12.6 Å². The van der Waals surface area contributed by atoms with E-state index in [1.807, 2.05) is 54.6 Å². The van der Waals surface area contributed by atoms with Crippen molar-refractivity contribution < 1.29 is 9.53 Å². The maximum absolute atomic E-state index is 11.9. The Morgan fingerprint density at radius 1 is 0.895 bits per heavy atom. The molecule has 3 heteroatoms. The molecular weight excluding hydrogens is 238 g/mol. The van der Waals surface area contributed by atoms with E-state index in [1.165, 1.54) is 0 Å². The van der Waals surface area contributed by atoms with Gasteiger partial charge in [0, 0.05) is 11.3 Å². The van der Waals surface area contributed by atoms with Gasteiger partial charge in [0.2, 0.25) is 0 Å². The first-order valence-electron chi connectivity index (χ1n) is 6.07. The van der Waals surface area contributed by atoms with Crippen LogP contribution in [0.3, 0.4) is 0 Å². The van der Waals surface area contributed by atoms with Crippen LogP contribution in [0.4, 0.5) is 5.69 Å². The lowest BCUT2D eigenvalue weighted by Crippen LogP contribution is -1.98. The van der Waals surface area contributed by atoms with Gasteiger partial charge in [-0.15, -0.1) is 0 Å². The molecular formula is C16H13NO2. The molecule has 3 nitrogen and oxygen atoms in total. The first-order valence-corrected chi connectivity index (χ1v) is 6.07. The number of hydrogen-bond donors (Lipinski definition) is 1. The summed E-state index contributed by atoms with van der Waals surface area (Å²) in [6.07, 6.45) is 0. The number of nitrogen functional groups attached to an aromatic ring is 1. The van der Waals surface area contributed by atoms with Crippen molar-refractivity contribution in [3.63, 3.8) is 0 Å². The third-order valence-corrected chi connectivity index (χ3v) is 3.18. The molecule has 0 aromatic heterocycles. The highest BCUT2D eigenvalue weighted by molar-refractivity contribution is 6.27. The van der Waals surface area contributed by atoms with Crippen LogP contribution < -0.4 is 5.73 Å². The molecule has 94 valence electrons. The Labute approximate surface area is 111 Å². The van der Waals surface area contributed by atoms with E-state index in [0.717, 1.165) is 16.7 Å². The SMILES string of the molecule is Nc1ccc(C2=C(c3ccccc3)C(=O)OC2)cc1. The van der Waals surface area contributed by atoms with Gasteiger partial charge in [0.1, 0.15) is 6.61 Å². The second kappa shape index (κ2) is 4.61. The van der Waals surface area contributed by atoms with Crippen LogP contribution in [-0.2, 0) is 9.53 Å². The maximum atomic E-state index is 11.9. The summed E-state index contributed by atoms with van der Waals surface area (Å²) in [5.74, 6) is -0.266. The first-order chi connectivity index (χ1) is 9.25. The fourth-order valence-corrected chi connectivity index (χ4v) is 2.21. The summed E-state index contributed by atoms with van der Waals surface area (Å²) in [5, 5.41) is 0. The molecule has 1 aliphatic heterocycles. The Hall–Kier alpha value is -2.55. The monoisotopic (exact) mass is 251 g/mol. The van der Waals surface area contributed by atoms with Crippen LogP contribution in [0.15, 0.2) is 54.6 Å². The summed E-state index contributed by atoms with van der Waals surface area (Å²) >= 11 is 0. The Morgan fingerprint density at radius 2 is 1.58 bits per heavy atom. The summed E-state index contributed by atoms with van der Waals surface area (Å²) in [7, 11) is 0. The molecule has 0 saturated carbocycles. The molecule has 0 saturated heterocycles. The summed E-state index contributed by atoms with van der Waals surface area (Å²) in [4.78, 5) is 11.9. The topological polar surface area (TPSA) is 52.3 Å². The molecule has 3 rings (SSSR count). The Kier molecular flexibility index (Phi) is 2.80. The van der Waals surface area contributed by atoms with E-state index in [4.69, 9.17) is 10.5 Å². The maximum Gasteiger partial charge on any atom is 0.339 e. The molecule has 0 atom stereocenters. The second-order valence-corrected chi connectivity index (χ2v) is 4.42. The van der Waals surface area contributed by atoms with Crippen molar-refractivity contribution >= 4 is 22.8 Å². The number of cyclic esters (lactones) is 1. The van der Waals surface area contributed by atoms with Crippen LogP contribution in [0, 0.1) is 0 Å². The molecule has 2 N–H and O–H groups in total. The van der Waals surface area contributed by atoms with E-state index >= 15 is 0 Å². The summed E-state index contributed by atoms with van der Waals surface area (Å²) in [6, 6.07) is 17.1. The minimum absolute atomic E-state index is 0.266. The number of benzene rings is 2. The highest BCUT2D eigenvalue weighted by atomic mass is 16.5. The van der Waals surface area contributed by atoms with Gasteiger partial charge < -0.3 is 10.5 Å². The van der Waals surface area contributed by atoms with E-state index < -0.39 is 0 Å². The van der Waals surface area contributed by atoms with Crippen molar-refractivity contribution in [2.45, 2.75) is 0 Å². The zero-order valence-corrected chi connectivity index (χ0v) is 10.3. The van der Waals surface area contributed by atoms with Gasteiger partial charge in [-0.3, -0.25) is 0 Å². The molecule has 0 fully saturated rings. The predicted octanol–water partition coefficient (Wildman–Crippen LogP) is 2.74. The predicted molar refractivity (Wildman–Crippen MR) is 75.1 cm³/mol. The number of esters is 1. The number of ether oxygens (including phenoxy) is 1. The van der Waals surface area contributed by atoms with Gasteiger partial charge in [0.25, 0.3) is 0 Å². The fourth-order valence-electron chi connectivity index (χ4n) is 2.21. The molecule has 2 aromatic carbocycles. The average Bonchev–Trinajstić information content (AvgIpc) is 2.82. The van der Waals surface area contributed by atoms with Crippen molar-refractivity contribution in [2.24, 2.45) is 0 Å². The lowest BCUT2D eigenvalue weighted by atomic mass is 9.97. The molecule has 0 aliphatic carbocycles. The van der Waals surface area contributed by atoms with Crippen LogP contribution in [0.25, 0.3) is 11.1 Å². The highest BCUT2D eigenvalue weighted by Crippen LogP contribution is 2.32. The summed E-state index contributed by atoms with van der Waals surface area (Å²) in [5.41, 5.74) is 9.80. The van der Waals surface area contributed by atoms with Gasteiger partial charge in [0.05, 0.1) is 5.57 Å². The van der Waals surface area contributed by atoms with Gasteiger partial charge in [-0.1, -0.05) is 42.5 Å². The number of carbonyl (C=O) groups excluding carboxylic acids is 1. The molecule has 19 heavy (non-hydrogen) atoms. The molecule has 0 unspecified atom stereocenters. The van der Waals surface area contributed by atoms with Crippen molar-refractivity contribution in [1.29, 1.82) is 0 Å². The second-order valence-electron chi connectivity index (χ2n) is 4.42. The van der Waals surface area contributed by atoms with E-state index in [2.05, 4.69) is 0 Å². The van der Waals surface area contributed by atoms with Gasteiger partial charge in [-0.05, 0) is 23.3 Å². The van der Waals surface area contributed by atoms with Crippen LogP contribution >= 0.6 is 0 Å². The molecule has 1 aliphatic rings. The summed E-state index contributed by atoms with van der Waals surface area (Å²) < 4.78 is 5.17. The lowest BCUT2D eigenvalue weighted by Gasteiger charge is -2.04. The minimum Gasteiger partial charge on any atom is -0.457 e. The smallest absolute Gasteiger partial charge is 0.339 e. The highest BCUT2D eigenvalue weighted by Gasteiger charge is 2.26. The number of hydrogen-bond acceptors (Lipinski definition) is 3. The largest absolute Gasteiger partial charge is 0.457 e. The number of anilines is 1. The van der Waals surface area contributed by atoms with Crippen LogP contribution in [0.5, 0.6) is 0 Å². The Bertz CT molecular complexity index is 642. The molecule has 0 amide bonds. The molecule has 2 aromatic rings. The number of carbonyl (C=O) groups is 1. The number of nitrogens with two attached hydrogens (primary N) is 1. The number of rotatable bonds is 2. The molecule has 0 spiro atoms. The van der Waals surface area contributed by atoms with Crippen molar-refractivity contribution in [3.05, 3.63) is 65.7 Å².